The van der Waals surface area contributed by atoms with E-state index in [4.69, 9.17) is 4.74 Å². The Morgan fingerprint density at radius 3 is 2.76 bits per heavy atom. The van der Waals surface area contributed by atoms with Gasteiger partial charge in [0.1, 0.15) is 11.8 Å². The monoisotopic (exact) mass is 291 g/mol. The molecular formula is C14H17N3O4. The van der Waals surface area contributed by atoms with Crippen LogP contribution >= 0.6 is 0 Å². The Balaban J connectivity index is 1.93. The summed E-state index contributed by atoms with van der Waals surface area (Å²) < 4.78 is 5.13. The lowest BCUT2D eigenvalue weighted by Crippen LogP contribution is -2.36. The van der Waals surface area contributed by atoms with Crippen LogP contribution in [0.15, 0.2) is 24.3 Å². The molecule has 1 aliphatic rings. The van der Waals surface area contributed by atoms with Crippen LogP contribution in [-0.2, 0) is 16.1 Å². The highest BCUT2D eigenvalue weighted by Gasteiger charge is 2.32. The van der Waals surface area contributed by atoms with Gasteiger partial charge < -0.3 is 15.0 Å². The molecule has 1 aromatic rings. The van der Waals surface area contributed by atoms with Crippen LogP contribution in [0.2, 0.25) is 0 Å². The number of benzene rings is 1. The third-order valence-electron chi connectivity index (χ3n) is 3.22. The van der Waals surface area contributed by atoms with Crippen LogP contribution in [-0.4, -0.2) is 42.9 Å². The third-order valence-corrected chi connectivity index (χ3v) is 3.22. The molecule has 2 N–H and O–H groups in total. The van der Waals surface area contributed by atoms with Crippen molar-refractivity contribution < 1.29 is 19.1 Å². The first kappa shape index (κ1) is 14.8. The van der Waals surface area contributed by atoms with Gasteiger partial charge in [0.25, 0.3) is 5.91 Å². The number of hydrogen-bond acceptors (Lipinski definition) is 4. The van der Waals surface area contributed by atoms with Gasteiger partial charge in [-0.3, -0.25) is 14.9 Å². The molecule has 0 aliphatic carbocycles. The van der Waals surface area contributed by atoms with E-state index >= 15 is 0 Å². The van der Waals surface area contributed by atoms with Crippen LogP contribution in [0, 0.1) is 0 Å². The van der Waals surface area contributed by atoms with Crippen molar-refractivity contribution in [1.82, 2.24) is 15.5 Å². The minimum absolute atomic E-state index is 0.0575. The summed E-state index contributed by atoms with van der Waals surface area (Å²) in [6.07, 6.45) is -0.0575. The summed E-state index contributed by atoms with van der Waals surface area (Å²) >= 11 is 0. The quantitative estimate of drug-likeness (QED) is 0.761. The number of urea groups is 1. The number of hydrogen-bond donors (Lipinski definition) is 2. The molecule has 1 fully saturated rings. The molecule has 21 heavy (non-hydrogen) atoms. The fraction of sp³-hybridized carbons (Fsp3) is 0.357. The minimum Gasteiger partial charge on any atom is -0.497 e. The summed E-state index contributed by atoms with van der Waals surface area (Å²) in [6, 6.07) is 6.04. The zero-order valence-corrected chi connectivity index (χ0v) is 11.9. The van der Waals surface area contributed by atoms with Gasteiger partial charge in [0, 0.05) is 13.6 Å². The van der Waals surface area contributed by atoms with Gasteiger partial charge >= 0.3 is 6.03 Å². The molecule has 1 aromatic carbocycles. The first-order valence-corrected chi connectivity index (χ1v) is 6.48. The molecule has 0 spiro atoms. The molecule has 4 amide bonds. The first-order chi connectivity index (χ1) is 9.99. The summed E-state index contributed by atoms with van der Waals surface area (Å²) in [6.45, 7) is 0.401. The van der Waals surface area contributed by atoms with E-state index < -0.39 is 18.0 Å². The molecule has 2 rings (SSSR count). The summed E-state index contributed by atoms with van der Waals surface area (Å²) in [4.78, 5) is 36.0. The lowest BCUT2D eigenvalue weighted by atomic mass is 10.1. The number of amides is 4. The maximum Gasteiger partial charge on any atom is 0.322 e. The van der Waals surface area contributed by atoms with Crippen molar-refractivity contribution in [3.05, 3.63) is 29.8 Å². The SMILES string of the molecule is COc1cccc(CN(C)C(=O)CC2NC(=O)NC2=O)c1. The second kappa shape index (κ2) is 6.25. The van der Waals surface area contributed by atoms with Crippen molar-refractivity contribution in [2.24, 2.45) is 0 Å². The van der Waals surface area contributed by atoms with E-state index in [2.05, 4.69) is 10.6 Å². The molecule has 1 unspecified atom stereocenters. The van der Waals surface area contributed by atoms with Crippen molar-refractivity contribution in [1.29, 1.82) is 0 Å². The van der Waals surface area contributed by atoms with Crippen LogP contribution in [0.5, 0.6) is 5.75 Å². The van der Waals surface area contributed by atoms with E-state index in [1.54, 1.807) is 14.2 Å². The second-order valence-corrected chi connectivity index (χ2v) is 4.82. The third kappa shape index (κ3) is 3.71. The molecular weight excluding hydrogens is 274 g/mol. The van der Waals surface area contributed by atoms with Gasteiger partial charge in [0.2, 0.25) is 5.91 Å². The zero-order valence-electron chi connectivity index (χ0n) is 11.9. The molecule has 1 aliphatic heterocycles. The summed E-state index contributed by atoms with van der Waals surface area (Å²) in [5, 5.41) is 4.50. The molecule has 0 bridgehead atoms. The predicted molar refractivity (Wildman–Crippen MR) is 74.5 cm³/mol. The van der Waals surface area contributed by atoms with E-state index in [1.165, 1.54) is 4.90 Å². The average molecular weight is 291 g/mol. The fourth-order valence-electron chi connectivity index (χ4n) is 2.07. The summed E-state index contributed by atoms with van der Waals surface area (Å²) in [5.41, 5.74) is 0.921. The largest absolute Gasteiger partial charge is 0.497 e. The lowest BCUT2D eigenvalue weighted by Gasteiger charge is -2.19. The van der Waals surface area contributed by atoms with Gasteiger partial charge in [0.05, 0.1) is 13.5 Å². The Labute approximate surface area is 122 Å². The van der Waals surface area contributed by atoms with Crippen LogP contribution in [0.1, 0.15) is 12.0 Å². The molecule has 1 heterocycles. The van der Waals surface area contributed by atoms with Crippen LogP contribution < -0.4 is 15.4 Å². The number of rotatable bonds is 5. The molecule has 0 radical (unpaired) electrons. The van der Waals surface area contributed by atoms with E-state index in [0.29, 0.717) is 6.54 Å². The highest BCUT2D eigenvalue weighted by molar-refractivity contribution is 6.05. The van der Waals surface area contributed by atoms with Gasteiger partial charge in [-0.15, -0.1) is 0 Å². The molecule has 1 atom stereocenters. The van der Waals surface area contributed by atoms with Crippen LogP contribution in [0.25, 0.3) is 0 Å². The molecule has 0 aromatic heterocycles. The Morgan fingerprint density at radius 2 is 2.14 bits per heavy atom. The minimum atomic E-state index is -0.794. The highest BCUT2D eigenvalue weighted by atomic mass is 16.5. The van der Waals surface area contributed by atoms with Crippen LogP contribution in [0.3, 0.4) is 0 Å². The van der Waals surface area contributed by atoms with Gasteiger partial charge in [-0.25, -0.2) is 4.79 Å². The molecule has 0 saturated carbocycles. The standard InChI is InChI=1S/C14H17N3O4/c1-17(8-9-4-3-5-10(6-9)21-2)12(18)7-11-13(19)16-14(20)15-11/h3-6,11H,7-8H2,1-2H3,(H2,15,16,19,20). The average Bonchev–Trinajstić information content (AvgIpc) is 2.77. The van der Waals surface area contributed by atoms with Crippen molar-refractivity contribution in [3.63, 3.8) is 0 Å². The van der Waals surface area contributed by atoms with Gasteiger partial charge in [-0.1, -0.05) is 12.1 Å². The molecule has 7 nitrogen and oxygen atoms in total. The van der Waals surface area contributed by atoms with Gasteiger partial charge in [-0.2, -0.15) is 0 Å². The number of imide groups is 1. The maximum absolute atomic E-state index is 12.1. The Hall–Kier alpha value is -2.57. The predicted octanol–water partition coefficient (Wildman–Crippen LogP) is 0.252. The van der Waals surface area contributed by atoms with Gasteiger partial charge in [0.15, 0.2) is 0 Å². The lowest BCUT2D eigenvalue weighted by molar-refractivity contribution is -0.133. The number of carbonyl (C=O) groups is 3. The number of carbonyl (C=O) groups excluding carboxylic acids is 3. The Morgan fingerprint density at radius 1 is 1.38 bits per heavy atom. The maximum atomic E-state index is 12.1. The molecule has 1 saturated heterocycles. The number of ether oxygens (including phenoxy) is 1. The van der Waals surface area contributed by atoms with Crippen molar-refractivity contribution in [2.75, 3.05) is 14.2 Å². The molecule has 7 heteroatoms. The van der Waals surface area contributed by atoms with Crippen molar-refractivity contribution in [3.8, 4) is 5.75 Å². The summed E-state index contributed by atoms with van der Waals surface area (Å²) in [7, 11) is 3.23. The zero-order chi connectivity index (χ0) is 15.4. The van der Waals surface area contributed by atoms with Crippen LogP contribution in [0.4, 0.5) is 4.79 Å². The number of nitrogens with one attached hydrogen (secondary N) is 2. The van der Waals surface area contributed by atoms with Crippen molar-refractivity contribution >= 4 is 17.8 Å². The molecule has 112 valence electrons. The van der Waals surface area contributed by atoms with E-state index in [1.807, 2.05) is 24.3 Å². The normalized spacial score (nSPS) is 17.1. The van der Waals surface area contributed by atoms with Gasteiger partial charge in [-0.05, 0) is 17.7 Å². The smallest absolute Gasteiger partial charge is 0.322 e. The fourth-order valence-corrected chi connectivity index (χ4v) is 2.07. The van der Waals surface area contributed by atoms with E-state index in [9.17, 15) is 14.4 Å². The van der Waals surface area contributed by atoms with E-state index in [0.717, 1.165) is 11.3 Å². The summed E-state index contributed by atoms with van der Waals surface area (Å²) in [5.74, 6) is 0.0269. The first-order valence-electron chi connectivity index (χ1n) is 6.48. The number of nitrogens with zero attached hydrogens (tertiary/aromatic N) is 1. The number of methoxy groups -OCH3 is 1. The topological polar surface area (TPSA) is 87.7 Å². The van der Waals surface area contributed by atoms with E-state index in [-0.39, 0.29) is 12.3 Å². The second-order valence-electron chi connectivity index (χ2n) is 4.82. The Kier molecular flexibility index (Phi) is 4.42. The van der Waals surface area contributed by atoms with Crippen molar-refractivity contribution in [2.45, 2.75) is 19.0 Å². The highest BCUT2D eigenvalue weighted by Crippen LogP contribution is 2.14. The Bertz CT molecular complexity index is 573.